The van der Waals surface area contributed by atoms with E-state index in [9.17, 15) is 9.90 Å². The molecule has 2 aliphatic heterocycles. The number of thiazole rings is 1. The minimum Gasteiger partial charge on any atom is -0.481 e. The van der Waals surface area contributed by atoms with Crippen LogP contribution in [0.2, 0.25) is 0 Å². The molecule has 0 aromatic carbocycles. The van der Waals surface area contributed by atoms with Gasteiger partial charge in [0.2, 0.25) is 0 Å². The summed E-state index contributed by atoms with van der Waals surface area (Å²) in [7, 11) is 1.69. The first-order valence-corrected chi connectivity index (χ1v) is 9.44. The molecule has 0 amide bonds. The van der Waals surface area contributed by atoms with E-state index in [0.29, 0.717) is 25.6 Å². The van der Waals surface area contributed by atoms with Crippen molar-refractivity contribution < 1.29 is 14.6 Å². The number of carboxylic acid groups (broad SMARTS) is 1. The number of likely N-dealkylation sites (tertiary alicyclic amines) is 2. The molecule has 0 aliphatic carbocycles. The summed E-state index contributed by atoms with van der Waals surface area (Å²) >= 11 is 1.68. The molecule has 3 heterocycles. The second kappa shape index (κ2) is 7.07. The van der Waals surface area contributed by atoms with Crippen molar-refractivity contribution in [1.29, 1.82) is 0 Å². The summed E-state index contributed by atoms with van der Waals surface area (Å²) in [6.07, 6.45) is 0. The Balaban J connectivity index is 1.65. The van der Waals surface area contributed by atoms with Gasteiger partial charge in [-0.25, -0.2) is 4.98 Å². The van der Waals surface area contributed by atoms with Gasteiger partial charge in [0, 0.05) is 51.1 Å². The van der Waals surface area contributed by atoms with Gasteiger partial charge in [0.1, 0.15) is 5.01 Å². The quantitative estimate of drug-likeness (QED) is 0.805. The van der Waals surface area contributed by atoms with Crippen molar-refractivity contribution in [3.8, 4) is 0 Å². The van der Waals surface area contributed by atoms with Gasteiger partial charge < -0.3 is 9.84 Å². The molecule has 2 atom stereocenters. The highest BCUT2D eigenvalue weighted by molar-refractivity contribution is 7.09. The van der Waals surface area contributed by atoms with Gasteiger partial charge in [0.05, 0.1) is 24.3 Å². The molecular formula is C17H27N3O3S. The van der Waals surface area contributed by atoms with Crippen molar-refractivity contribution in [3.05, 3.63) is 16.1 Å². The van der Waals surface area contributed by atoms with E-state index < -0.39 is 11.4 Å². The first-order chi connectivity index (χ1) is 11.4. The summed E-state index contributed by atoms with van der Waals surface area (Å²) in [4.78, 5) is 21.2. The minimum absolute atomic E-state index is 0.191. The summed E-state index contributed by atoms with van der Waals surface area (Å²) in [5.74, 6) is -0.0269. The summed E-state index contributed by atoms with van der Waals surface area (Å²) in [6, 6.07) is 0. The molecule has 24 heavy (non-hydrogen) atoms. The van der Waals surface area contributed by atoms with E-state index in [1.54, 1.807) is 18.4 Å². The number of aliphatic carboxylic acids is 1. The highest BCUT2D eigenvalue weighted by Crippen LogP contribution is 2.43. The number of fused-ring (bicyclic) bond motifs is 1. The predicted molar refractivity (Wildman–Crippen MR) is 93.4 cm³/mol. The van der Waals surface area contributed by atoms with Crippen molar-refractivity contribution in [3.63, 3.8) is 0 Å². The first kappa shape index (κ1) is 17.8. The van der Waals surface area contributed by atoms with Gasteiger partial charge in [-0.15, -0.1) is 11.3 Å². The second-order valence-corrected chi connectivity index (χ2v) is 8.32. The molecule has 2 saturated heterocycles. The number of nitrogens with zero attached hydrogens (tertiary/aromatic N) is 3. The molecule has 2 aliphatic rings. The van der Waals surface area contributed by atoms with Crippen molar-refractivity contribution in [2.24, 2.45) is 11.3 Å². The number of aromatic nitrogens is 1. The van der Waals surface area contributed by atoms with Gasteiger partial charge in [0.15, 0.2) is 0 Å². The van der Waals surface area contributed by atoms with Crippen LogP contribution in [0.1, 0.15) is 30.5 Å². The van der Waals surface area contributed by atoms with Crippen molar-refractivity contribution in [2.75, 3.05) is 46.4 Å². The predicted octanol–water partition coefficient (Wildman–Crippen LogP) is 1.73. The number of rotatable bonds is 7. The average Bonchev–Trinajstić information content (AvgIpc) is 3.18. The van der Waals surface area contributed by atoms with E-state index >= 15 is 0 Å². The lowest BCUT2D eigenvalue weighted by Gasteiger charge is -2.25. The van der Waals surface area contributed by atoms with Crippen LogP contribution in [0.5, 0.6) is 0 Å². The molecule has 6 nitrogen and oxygen atoms in total. The number of ether oxygens (including phenoxy) is 1. The summed E-state index contributed by atoms with van der Waals surface area (Å²) in [6.45, 7) is 9.46. The van der Waals surface area contributed by atoms with Crippen LogP contribution in [0.25, 0.3) is 0 Å². The lowest BCUT2D eigenvalue weighted by Crippen LogP contribution is -2.41. The Bertz CT molecular complexity index is 591. The van der Waals surface area contributed by atoms with E-state index in [0.717, 1.165) is 36.9 Å². The number of hydrogen-bond acceptors (Lipinski definition) is 6. The summed E-state index contributed by atoms with van der Waals surface area (Å²) < 4.78 is 5.13. The number of carbonyl (C=O) groups is 1. The fourth-order valence-corrected chi connectivity index (χ4v) is 4.94. The van der Waals surface area contributed by atoms with E-state index in [2.05, 4.69) is 29.0 Å². The molecule has 2 fully saturated rings. The normalized spacial score (nSPS) is 27.9. The Morgan fingerprint density at radius 1 is 1.46 bits per heavy atom. The Kier molecular flexibility index (Phi) is 5.24. The zero-order valence-electron chi connectivity index (χ0n) is 14.7. The second-order valence-electron chi connectivity index (χ2n) is 7.38. The van der Waals surface area contributed by atoms with Gasteiger partial charge in [-0.3, -0.25) is 14.6 Å². The molecule has 134 valence electrons. The van der Waals surface area contributed by atoms with Crippen LogP contribution in [-0.2, 0) is 16.1 Å². The zero-order chi connectivity index (χ0) is 17.3. The van der Waals surface area contributed by atoms with Gasteiger partial charge in [0.25, 0.3) is 0 Å². The monoisotopic (exact) mass is 353 g/mol. The maximum atomic E-state index is 12.0. The average molecular weight is 353 g/mol. The lowest BCUT2D eigenvalue weighted by molar-refractivity contribution is -0.149. The highest BCUT2D eigenvalue weighted by atomic mass is 32.1. The van der Waals surface area contributed by atoms with Crippen molar-refractivity contribution in [2.45, 2.75) is 26.3 Å². The van der Waals surface area contributed by atoms with Gasteiger partial charge >= 0.3 is 5.97 Å². The Morgan fingerprint density at radius 3 is 2.75 bits per heavy atom. The minimum atomic E-state index is -0.656. The standard InChI is InChI=1S/C17H27N3O3S/c1-12(2)14-9-24-15(18-14)8-20-7-13-6-19(4-5-23-3)10-17(13,11-20)16(21)22/h9,12-13H,4-8,10-11H2,1-3H3,(H,21,22). The Morgan fingerprint density at radius 2 is 2.17 bits per heavy atom. The van der Waals surface area contributed by atoms with Gasteiger partial charge in [-0.2, -0.15) is 0 Å². The van der Waals surface area contributed by atoms with Crippen LogP contribution < -0.4 is 0 Å². The van der Waals surface area contributed by atoms with Crippen LogP contribution in [0, 0.1) is 11.3 Å². The van der Waals surface area contributed by atoms with Gasteiger partial charge in [-0.05, 0) is 5.92 Å². The SMILES string of the molecule is COCCN1CC2CN(Cc3nc(C(C)C)cs3)CC2(C(=O)O)C1. The zero-order valence-corrected chi connectivity index (χ0v) is 15.5. The number of methoxy groups -OCH3 is 1. The van der Waals surface area contributed by atoms with Crippen LogP contribution in [0.4, 0.5) is 0 Å². The molecule has 0 spiro atoms. The largest absolute Gasteiger partial charge is 0.481 e. The van der Waals surface area contributed by atoms with Gasteiger partial charge in [-0.1, -0.05) is 13.8 Å². The number of hydrogen-bond donors (Lipinski definition) is 1. The molecule has 0 saturated carbocycles. The molecule has 2 unspecified atom stereocenters. The van der Waals surface area contributed by atoms with Crippen LogP contribution >= 0.6 is 11.3 Å². The third kappa shape index (κ3) is 3.35. The van der Waals surface area contributed by atoms with Crippen molar-refractivity contribution in [1.82, 2.24) is 14.8 Å². The number of carboxylic acids is 1. The smallest absolute Gasteiger partial charge is 0.312 e. The molecule has 1 aromatic heterocycles. The van der Waals surface area contributed by atoms with E-state index in [4.69, 9.17) is 9.72 Å². The lowest BCUT2D eigenvalue weighted by atomic mass is 9.81. The molecule has 0 bridgehead atoms. The van der Waals surface area contributed by atoms with E-state index in [1.807, 2.05) is 0 Å². The first-order valence-electron chi connectivity index (χ1n) is 8.56. The molecule has 3 rings (SSSR count). The highest BCUT2D eigenvalue weighted by Gasteiger charge is 2.57. The maximum Gasteiger partial charge on any atom is 0.312 e. The molecule has 1 N–H and O–H groups in total. The van der Waals surface area contributed by atoms with Crippen LogP contribution in [-0.4, -0.2) is 72.3 Å². The fourth-order valence-electron chi connectivity index (χ4n) is 3.94. The Labute approximate surface area is 147 Å². The van der Waals surface area contributed by atoms with Crippen LogP contribution in [0.3, 0.4) is 0 Å². The molecule has 7 heteroatoms. The van der Waals surface area contributed by atoms with Crippen LogP contribution in [0.15, 0.2) is 5.38 Å². The Hall–Kier alpha value is -1.02. The van der Waals surface area contributed by atoms with E-state index in [1.165, 1.54) is 0 Å². The summed E-state index contributed by atoms with van der Waals surface area (Å²) in [5, 5.41) is 13.1. The molecule has 0 radical (unpaired) electrons. The summed E-state index contributed by atoms with van der Waals surface area (Å²) in [5.41, 5.74) is 0.499. The fraction of sp³-hybridized carbons (Fsp3) is 0.765. The molecule has 1 aromatic rings. The topological polar surface area (TPSA) is 65.9 Å². The molecular weight excluding hydrogens is 326 g/mol. The third-order valence-corrected chi connectivity index (χ3v) is 6.16. The van der Waals surface area contributed by atoms with Crippen molar-refractivity contribution >= 4 is 17.3 Å². The van der Waals surface area contributed by atoms with E-state index in [-0.39, 0.29) is 5.92 Å². The third-order valence-electron chi connectivity index (χ3n) is 5.31. The maximum absolute atomic E-state index is 12.0.